The molecule has 0 unspecified atom stereocenters. The first-order chi connectivity index (χ1) is 14.0. The van der Waals surface area contributed by atoms with Crippen molar-refractivity contribution in [2.45, 2.75) is 62.1 Å². The van der Waals surface area contributed by atoms with Gasteiger partial charge in [-0.3, -0.25) is 4.79 Å². The molecule has 4 rings (SSSR count). The van der Waals surface area contributed by atoms with Crippen LogP contribution in [0.25, 0.3) is 0 Å². The minimum Gasteiger partial charge on any atom is -0.490 e. The molecule has 0 aliphatic heterocycles. The molecule has 2 aliphatic rings. The SMILES string of the molecule is O=C(NCc1ccccc1OC1CCCC1)c1ccc(S(=O)(=O)NC2CC2)cc1. The minimum atomic E-state index is -3.51. The van der Waals surface area contributed by atoms with E-state index in [4.69, 9.17) is 4.74 Å². The van der Waals surface area contributed by atoms with Gasteiger partial charge >= 0.3 is 0 Å². The lowest BCUT2D eigenvalue weighted by Gasteiger charge is -2.17. The summed E-state index contributed by atoms with van der Waals surface area (Å²) in [6, 6.07) is 13.8. The van der Waals surface area contributed by atoms with E-state index in [1.165, 1.54) is 37.1 Å². The van der Waals surface area contributed by atoms with Gasteiger partial charge < -0.3 is 10.1 Å². The van der Waals surface area contributed by atoms with Gasteiger partial charge in [-0.05, 0) is 68.9 Å². The van der Waals surface area contributed by atoms with E-state index in [9.17, 15) is 13.2 Å². The fourth-order valence-corrected chi connectivity index (χ4v) is 4.81. The van der Waals surface area contributed by atoms with Crippen molar-refractivity contribution in [3.63, 3.8) is 0 Å². The Kier molecular flexibility index (Phi) is 5.87. The molecule has 2 fully saturated rings. The second-order valence-corrected chi connectivity index (χ2v) is 9.45. The lowest BCUT2D eigenvalue weighted by molar-refractivity contribution is 0.0950. The predicted molar refractivity (Wildman–Crippen MR) is 110 cm³/mol. The van der Waals surface area contributed by atoms with E-state index in [2.05, 4.69) is 10.0 Å². The zero-order valence-electron chi connectivity index (χ0n) is 16.3. The molecule has 154 valence electrons. The fraction of sp³-hybridized carbons (Fsp3) is 0.409. The van der Waals surface area contributed by atoms with Crippen LogP contribution in [0.5, 0.6) is 5.75 Å². The van der Waals surface area contributed by atoms with Crippen LogP contribution in [0.4, 0.5) is 0 Å². The Bertz CT molecular complexity index is 963. The molecule has 0 radical (unpaired) electrons. The maximum atomic E-state index is 12.5. The molecule has 29 heavy (non-hydrogen) atoms. The number of hydrogen-bond donors (Lipinski definition) is 2. The van der Waals surface area contributed by atoms with Crippen molar-refractivity contribution < 1.29 is 17.9 Å². The Labute approximate surface area is 171 Å². The Balaban J connectivity index is 1.37. The summed E-state index contributed by atoms with van der Waals surface area (Å²) in [5.74, 6) is 0.562. The fourth-order valence-electron chi connectivity index (χ4n) is 3.50. The monoisotopic (exact) mass is 414 g/mol. The minimum absolute atomic E-state index is 0.0505. The van der Waals surface area contributed by atoms with Gasteiger partial charge in [-0.15, -0.1) is 0 Å². The number of hydrogen-bond acceptors (Lipinski definition) is 4. The molecular formula is C22H26N2O4S. The zero-order chi connectivity index (χ0) is 20.3. The van der Waals surface area contributed by atoms with Gasteiger partial charge in [0.15, 0.2) is 0 Å². The molecule has 0 bridgehead atoms. The molecule has 6 nitrogen and oxygen atoms in total. The van der Waals surface area contributed by atoms with E-state index in [1.807, 2.05) is 24.3 Å². The van der Waals surface area contributed by atoms with Crippen LogP contribution in [0.1, 0.15) is 54.4 Å². The molecule has 2 aromatic rings. The van der Waals surface area contributed by atoms with Gasteiger partial charge in [-0.25, -0.2) is 13.1 Å². The number of carbonyl (C=O) groups excluding carboxylic acids is 1. The Hall–Kier alpha value is -2.38. The van der Waals surface area contributed by atoms with Crippen LogP contribution < -0.4 is 14.8 Å². The van der Waals surface area contributed by atoms with Crippen LogP contribution in [0.3, 0.4) is 0 Å². The summed E-state index contributed by atoms with van der Waals surface area (Å²) in [6.45, 7) is 0.352. The highest BCUT2D eigenvalue weighted by Gasteiger charge is 2.28. The molecule has 2 N–H and O–H groups in total. The molecule has 0 saturated heterocycles. The molecule has 0 atom stereocenters. The van der Waals surface area contributed by atoms with Gasteiger partial charge in [-0.2, -0.15) is 0 Å². The van der Waals surface area contributed by atoms with Gasteiger partial charge in [-0.1, -0.05) is 18.2 Å². The van der Waals surface area contributed by atoms with E-state index in [1.54, 1.807) is 0 Å². The highest BCUT2D eigenvalue weighted by Crippen LogP contribution is 2.26. The molecule has 0 heterocycles. The first-order valence-electron chi connectivity index (χ1n) is 10.2. The standard InChI is InChI=1S/C22H26N2O4S/c25-22(16-9-13-20(14-10-16)29(26,27)24-18-11-12-18)23-15-17-5-1-4-8-21(17)28-19-6-2-3-7-19/h1,4-5,8-10,13-14,18-19,24H,2-3,6-7,11-12,15H2,(H,23,25). The quantitative estimate of drug-likeness (QED) is 0.694. The second-order valence-electron chi connectivity index (χ2n) is 7.73. The highest BCUT2D eigenvalue weighted by molar-refractivity contribution is 7.89. The third kappa shape index (κ3) is 5.16. The summed E-state index contributed by atoms with van der Waals surface area (Å²) in [6.07, 6.45) is 6.57. The van der Waals surface area contributed by atoms with Crippen LogP contribution in [-0.2, 0) is 16.6 Å². The summed E-state index contributed by atoms with van der Waals surface area (Å²) < 4.78 is 33.2. The Morgan fingerprint density at radius 3 is 2.34 bits per heavy atom. The van der Waals surface area contributed by atoms with E-state index >= 15 is 0 Å². The second kappa shape index (κ2) is 8.55. The lowest BCUT2D eigenvalue weighted by Crippen LogP contribution is -2.26. The van der Waals surface area contributed by atoms with Crippen molar-refractivity contribution in [3.05, 3.63) is 59.7 Å². The van der Waals surface area contributed by atoms with Gasteiger partial charge in [0.2, 0.25) is 10.0 Å². The average molecular weight is 415 g/mol. The maximum Gasteiger partial charge on any atom is 0.251 e. The number of nitrogens with one attached hydrogen (secondary N) is 2. The Morgan fingerprint density at radius 1 is 0.966 bits per heavy atom. The van der Waals surface area contributed by atoms with E-state index in [-0.39, 0.29) is 22.9 Å². The number of amides is 1. The molecule has 0 spiro atoms. The molecule has 2 aromatic carbocycles. The van der Waals surface area contributed by atoms with Crippen molar-refractivity contribution in [1.82, 2.24) is 10.0 Å². The smallest absolute Gasteiger partial charge is 0.251 e. The summed E-state index contributed by atoms with van der Waals surface area (Å²) in [5.41, 5.74) is 1.35. The van der Waals surface area contributed by atoms with E-state index in [0.29, 0.717) is 12.1 Å². The van der Waals surface area contributed by atoms with Crippen LogP contribution in [-0.4, -0.2) is 26.5 Å². The normalized spacial score (nSPS) is 17.2. The summed E-state index contributed by atoms with van der Waals surface area (Å²) in [7, 11) is -3.51. The van der Waals surface area contributed by atoms with Crippen LogP contribution in [0, 0.1) is 0 Å². The van der Waals surface area contributed by atoms with Crippen LogP contribution >= 0.6 is 0 Å². The van der Waals surface area contributed by atoms with Gasteiger partial charge in [0.1, 0.15) is 5.75 Å². The predicted octanol–water partition coefficient (Wildman–Crippen LogP) is 3.38. The summed E-state index contributed by atoms with van der Waals surface area (Å²) >= 11 is 0. The topological polar surface area (TPSA) is 84.5 Å². The average Bonchev–Trinajstić information content (AvgIpc) is 3.37. The number of rotatable bonds is 8. The van der Waals surface area contributed by atoms with Gasteiger partial charge in [0.05, 0.1) is 11.0 Å². The molecule has 2 aliphatic carbocycles. The van der Waals surface area contributed by atoms with E-state index < -0.39 is 10.0 Å². The van der Waals surface area contributed by atoms with Crippen molar-refractivity contribution in [3.8, 4) is 5.75 Å². The highest BCUT2D eigenvalue weighted by atomic mass is 32.2. The van der Waals surface area contributed by atoms with Crippen molar-refractivity contribution in [1.29, 1.82) is 0 Å². The maximum absolute atomic E-state index is 12.5. The third-order valence-electron chi connectivity index (χ3n) is 5.33. The first-order valence-corrected chi connectivity index (χ1v) is 11.6. The zero-order valence-corrected chi connectivity index (χ0v) is 17.1. The Morgan fingerprint density at radius 2 is 1.66 bits per heavy atom. The van der Waals surface area contributed by atoms with Gasteiger partial charge in [0, 0.05) is 23.7 Å². The summed E-state index contributed by atoms with van der Waals surface area (Å²) in [4.78, 5) is 12.7. The number of sulfonamides is 1. The number of carbonyl (C=O) groups is 1. The summed E-state index contributed by atoms with van der Waals surface area (Å²) in [5, 5.41) is 2.90. The molecule has 2 saturated carbocycles. The number of ether oxygens (including phenoxy) is 1. The number of benzene rings is 2. The molecular weight excluding hydrogens is 388 g/mol. The van der Waals surface area contributed by atoms with Crippen LogP contribution in [0.15, 0.2) is 53.4 Å². The first kappa shape index (κ1) is 19.9. The molecule has 0 aromatic heterocycles. The molecule has 7 heteroatoms. The van der Waals surface area contributed by atoms with Crippen molar-refractivity contribution >= 4 is 15.9 Å². The van der Waals surface area contributed by atoms with Gasteiger partial charge in [0.25, 0.3) is 5.91 Å². The van der Waals surface area contributed by atoms with Crippen molar-refractivity contribution in [2.24, 2.45) is 0 Å². The van der Waals surface area contributed by atoms with Crippen molar-refractivity contribution in [2.75, 3.05) is 0 Å². The number of para-hydroxylation sites is 1. The largest absolute Gasteiger partial charge is 0.490 e. The van der Waals surface area contributed by atoms with Crippen LogP contribution in [0.2, 0.25) is 0 Å². The third-order valence-corrected chi connectivity index (χ3v) is 6.87. The van der Waals surface area contributed by atoms with E-state index in [0.717, 1.165) is 37.0 Å². The lowest BCUT2D eigenvalue weighted by atomic mass is 10.1. The molecule has 1 amide bonds.